The Labute approximate surface area is 238 Å². The summed E-state index contributed by atoms with van der Waals surface area (Å²) in [6, 6.07) is 5.28. The number of benzene rings is 1. The first-order valence-corrected chi connectivity index (χ1v) is 13.9. The molecule has 3 heterocycles. The number of carbonyl (C=O) groups excluding carboxylic acids is 2. The first-order chi connectivity index (χ1) is 18.8. The molecule has 5 rings (SSSR count). The Kier molecular flexibility index (Phi) is 8.09. The molecule has 1 aliphatic heterocycles. The lowest BCUT2D eigenvalue weighted by Crippen LogP contribution is -2.31. The lowest BCUT2D eigenvalue weighted by atomic mass is 10.2. The number of methoxy groups -OCH3 is 1. The van der Waals surface area contributed by atoms with Crippen LogP contribution >= 0.6 is 23.2 Å². The highest BCUT2D eigenvalue weighted by Crippen LogP contribution is 2.43. The minimum atomic E-state index is -0.162. The first-order valence-electron chi connectivity index (χ1n) is 13.2. The Morgan fingerprint density at radius 2 is 1.97 bits per heavy atom. The number of halogens is 2. The predicted molar refractivity (Wildman–Crippen MR) is 152 cm³/mol. The zero-order chi connectivity index (χ0) is 27.7. The highest BCUT2D eigenvalue weighted by Gasteiger charge is 2.33. The molecule has 0 radical (unpaired) electrons. The van der Waals surface area contributed by atoms with Crippen molar-refractivity contribution in [1.29, 1.82) is 0 Å². The van der Waals surface area contributed by atoms with Crippen molar-refractivity contribution in [3.8, 4) is 11.5 Å². The van der Waals surface area contributed by atoms with E-state index in [0.717, 1.165) is 29.7 Å². The summed E-state index contributed by atoms with van der Waals surface area (Å²) in [5, 5.41) is 1.60. The van der Waals surface area contributed by atoms with Crippen molar-refractivity contribution in [3.05, 3.63) is 46.2 Å². The van der Waals surface area contributed by atoms with Crippen LogP contribution in [0.3, 0.4) is 0 Å². The molecule has 0 unspecified atom stereocenters. The van der Waals surface area contributed by atoms with E-state index in [1.165, 1.54) is 17.7 Å². The normalized spacial score (nSPS) is 15.4. The summed E-state index contributed by atoms with van der Waals surface area (Å²) in [5.74, 6) is 1.78. The molecule has 1 saturated carbocycles. The number of likely N-dealkylation sites (N-methyl/N-ethyl adjacent to an activating group) is 1. The summed E-state index contributed by atoms with van der Waals surface area (Å²) < 4.78 is 13.3. The van der Waals surface area contributed by atoms with Gasteiger partial charge in [-0.25, -0.2) is 9.78 Å². The van der Waals surface area contributed by atoms with Crippen molar-refractivity contribution in [2.75, 3.05) is 45.8 Å². The van der Waals surface area contributed by atoms with E-state index in [-0.39, 0.29) is 18.5 Å². The van der Waals surface area contributed by atoms with Gasteiger partial charge in [-0.1, -0.05) is 36.0 Å². The molecule has 1 aromatic carbocycles. The minimum absolute atomic E-state index is 0.0660. The van der Waals surface area contributed by atoms with Gasteiger partial charge in [0, 0.05) is 51.5 Å². The highest BCUT2D eigenvalue weighted by molar-refractivity contribution is 6.36. The number of urea groups is 1. The largest absolute Gasteiger partial charge is 0.493 e. The molecule has 11 heteroatoms. The molecule has 39 heavy (non-hydrogen) atoms. The number of fused-ring (bicyclic) bond motifs is 1. The maximum absolute atomic E-state index is 13.5. The van der Waals surface area contributed by atoms with Gasteiger partial charge in [0.05, 0.1) is 24.4 Å². The lowest BCUT2D eigenvalue weighted by molar-refractivity contribution is -0.129. The number of rotatable bonds is 11. The summed E-state index contributed by atoms with van der Waals surface area (Å²) in [6.07, 6.45) is 8.12. The average molecular weight is 575 g/mol. The highest BCUT2D eigenvalue weighted by atomic mass is 35.5. The summed E-state index contributed by atoms with van der Waals surface area (Å²) in [5.41, 5.74) is 2.06. The molecular formula is C28H33Cl2N5O4. The number of anilines is 1. The number of aromatic nitrogens is 2. The lowest BCUT2D eigenvalue weighted by Gasteiger charge is -2.22. The molecule has 1 saturated heterocycles. The quantitative estimate of drug-likeness (QED) is 0.285. The molecule has 2 aliphatic rings. The number of amides is 3. The Morgan fingerprint density at radius 1 is 1.18 bits per heavy atom. The van der Waals surface area contributed by atoms with Crippen LogP contribution in [0.4, 0.5) is 10.5 Å². The van der Waals surface area contributed by atoms with Gasteiger partial charge in [-0.05, 0) is 42.5 Å². The van der Waals surface area contributed by atoms with Crippen molar-refractivity contribution in [3.63, 3.8) is 0 Å². The molecule has 0 bridgehead atoms. The summed E-state index contributed by atoms with van der Waals surface area (Å²) in [4.78, 5) is 35.2. The van der Waals surface area contributed by atoms with Crippen molar-refractivity contribution in [2.24, 2.45) is 5.92 Å². The Hall–Kier alpha value is -3.17. The van der Waals surface area contributed by atoms with Crippen molar-refractivity contribution >= 4 is 51.9 Å². The van der Waals surface area contributed by atoms with E-state index < -0.39 is 0 Å². The molecule has 3 amide bonds. The van der Waals surface area contributed by atoms with E-state index in [0.29, 0.717) is 59.1 Å². The molecule has 0 N–H and O–H groups in total. The van der Waals surface area contributed by atoms with Crippen LogP contribution in [0.2, 0.25) is 10.0 Å². The standard InChI is InChI=1S/C28H33Cl2N5O4/c1-32(2)23(36)17-34-16-20(29)24-19(10-11-31-27(24)34)15-33-12-13-35(28(33)37)21-8-9-22(38-3)26(25(21)30)39-14-4-5-18-6-7-18/h8-11,16,18H,4-7,12-15,17H2,1-3H3. The molecular weight excluding hydrogens is 541 g/mol. The van der Waals surface area contributed by atoms with Crippen molar-refractivity contribution in [1.82, 2.24) is 19.4 Å². The Morgan fingerprint density at radius 3 is 2.69 bits per heavy atom. The van der Waals surface area contributed by atoms with E-state index in [9.17, 15) is 9.59 Å². The fourth-order valence-corrected chi connectivity index (χ4v) is 5.55. The molecule has 0 atom stereocenters. The van der Waals surface area contributed by atoms with E-state index in [2.05, 4.69) is 4.98 Å². The maximum Gasteiger partial charge on any atom is 0.324 e. The third-order valence-corrected chi connectivity index (χ3v) is 7.96. The Bertz CT molecular complexity index is 1390. The number of hydrogen-bond acceptors (Lipinski definition) is 5. The topological polar surface area (TPSA) is 80.1 Å². The zero-order valence-corrected chi connectivity index (χ0v) is 24.0. The molecule has 208 valence electrons. The van der Waals surface area contributed by atoms with Crippen LogP contribution in [-0.4, -0.2) is 72.2 Å². The summed E-state index contributed by atoms with van der Waals surface area (Å²) >= 11 is 13.4. The van der Waals surface area contributed by atoms with E-state index >= 15 is 0 Å². The SMILES string of the molecule is COc1ccc(N2CCN(Cc3ccnc4c3c(Cl)cn4CC(=O)N(C)C)C2=O)c(Cl)c1OCCCC1CC1. The number of hydrogen-bond donors (Lipinski definition) is 0. The summed E-state index contributed by atoms with van der Waals surface area (Å²) in [6.45, 7) is 2.02. The van der Waals surface area contributed by atoms with Crippen LogP contribution in [0.15, 0.2) is 30.6 Å². The third-order valence-electron chi connectivity index (χ3n) is 7.31. The van der Waals surface area contributed by atoms with E-state index in [1.807, 2.05) is 6.07 Å². The molecule has 0 spiro atoms. The average Bonchev–Trinajstić information content (AvgIpc) is 3.60. The molecule has 1 aliphatic carbocycles. The van der Waals surface area contributed by atoms with Crippen LogP contribution in [0.25, 0.3) is 11.0 Å². The first kappa shape index (κ1) is 27.4. The van der Waals surface area contributed by atoms with Gasteiger partial charge in [-0.15, -0.1) is 0 Å². The number of carbonyl (C=O) groups is 2. The van der Waals surface area contributed by atoms with Gasteiger partial charge in [0.25, 0.3) is 0 Å². The second-order valence-electron chi connectivity index (χ2n) is 10.3. The van der Waals surface area contributed by atoms with Crippen LogP contribution in [0.5, 0.6) is 11.5 Å². The van der Waals surface area contributed by atoms with Gasteiger partial charge in [-0.2, -0.15) is 0 Å². The van der Waals surface area contributed by atoms with Gasteiger partial charge in [0.2, 0.25) is 5.91 Å². The van der Waals surface area contributed by atoms with Gasteiger partial charge < -0.3 is 23.8 Å². The number of nitrogens with zero attached hydrogens (tertiary/aromatic N) is 5. The second kappa shape index (κ2) is 11.5. The van der Waals surface area contributed by atoms with E-state index in [1.54, 1.807) is 60.1 Å². The predicted octanol–water partition coefficient (Wildman–Crippen LogP) is 5.45. The van der Waals surface area contributed by atoms with Crippen LogP contribution < -0.4 is 14.4 Å². The number of ether oxygens (including phenoxy) is 2. The summed E-state index contributed by atoms with van der Waals surface area (Å²) in [7, 11) is 4.99. The van der Waals surface area contributed by atoms with Gasteiger partial charge in [-0.3, -0.25) is 9.69 Å². The van der Waals surface area contributed by atoms with Gasteiger partial charge in [0.15, 0.2) is 11.5 Å². The molecule has 9 nitrogen and oxygen atoms in total. The smallest absolute Gasteiger partial charge is 0.324 e. The van der Waals surface area contributed by atoms with Gasteiger partial charge >= 0.3 is 6.03 Å². The molecule has 2 aromatic heterocycles. The Balaban J connectivity index is 1.33. The van der Waals surface area contributed by atoms with Crippen molar-refractivity contribution in [2.45, 2.75) is 38.8 Å². The van der Waals surface area contributed by atoms with E-state index in [4.69, 9.17) is 32.7 Å². The fraction of sp³-hybridized carbons (Fsp3) is 0.464. The zero-order valence-electron chi connectivity index (χ0n) is 22.5. The second-order valence-corrected chi connectivity index (χ2v) is 11.1. The fourth-order valence-electron chi connectivity index (χ4n) is 4.91. The molecule has 3 aromatic rings. The third kappa shape index (κ3) is 5.75. The monoisotopic (exact) mass is 573 g/mol. The van der Waals surface area contributed by atoms with Crippen molar-refractivity contribution < 1.29 is 19.1 Å². The van der Waals surface area contributed by atoms with Crippen LogP contribution in [0, 0.1) is 5.92 Å². The van der Waals surface area contributed by atoms with Gasteiger partial charge in [0.1, 0.15) is 17.2 Å². The van der Waals surface area contributed by atoms with Crippen LogP contribution in [-0.2, 0) is 17.9 Å². The molecule has 2 fully saturated rings. The number of pyridine rings is 1. The minimum Gasteiger partial charge on any atom is -0.493 e. The maximum atomic E-state index is 13.5. The van der Waals surface area contributed by atoms with Crippen LogP contribution in [0.1, 0.15) is 31.2 Å².